The largest absolute Gasteiger partial charge is 0.469 e. The summed E-state index contributed by atoms with van der Waals surface area (Å²) in [6.45, 7) is 2.09. The van der Waals surface area contributed by atoms with Crippen molar-refractivity contribution in [2.24, 2.45) is 0 Å². The lowest BCUT2D eigenvalue weighted by atomic mass is 10.1. The number of ether oxygens (including phenoxy) is 1. The Labute approximate surface area is 159 Å². The maximum atomic E-state index is 10.9. The highest BCUT2D eigenvalue weighted by atomic mass is 31.2. The summed E-state index contributed by atoms with van der Waals surface area (Å²) in [6, 6.07) is 0. The Morgan fingerprint density at radius 1 is 1.36 bits per heavy atom. The minimum absolute atomic E-state index is 0.136. The molecule has 13 nitrogen and oxygen atoms in total. The van der Waals surface area contributed by atoms with E-state index in [1.54, 1.807) is 0 Å². The van der Waals surface area contributed by atoms with Crippen LogP contribution in [0.3, 0.4) is 0 Å². The van der Waals surface area contributed by atoms with E-state index in [1.807, 2.05) is 6.92 Å². The van der Waals surface area contributed by atoms with Crippen LogP contribution in [0.25, 0.3) is 11.2 Å². The van der Waals surface area contributed by atoms with Gasteiger partial charge in [-0.15, -0.1) is 0 Å². The molecule has 3 rings (SSSR count). The Bertz CT molecular complexity index is 873. The number of unbranched alkanes of at least 4 members (excludes halogenated alkanes) is 1. The van der Waals surface area contributed by atoms with Gasteiger partial charge in [0, 0.05) is 6.54 Å². The topological polar surface area (TPSA) is 198 Å². The summed E-state index contributed by atoms with van der Waals surface area (Å²) in [7, 11) is -4.75. The maximum Gasteiger partial charge on any atom is 0.469 e. The number of hydrogen-bond acceptors (Lipinski definition) is 10. The van der Waals surface area contributed by atoms with E-state index in [-0.39, 0.29) is 17.4 Å². The molecular formula is C14H23N6O7P. The second-order valence-corrected chi connectivity index (χ2v) is 7.61. The van der Waals surface area contributed by atoms with E-state index < -0.39 is 39.0 Å². The highest BCUT2D eigenvalue weighted by Gasteiger charge is 2.45. The molecule has 7 N–H and O–H groups in total. The van der Waals surface area contributed by atoms with Crippen LogP contribution in [0.1, 0.15) is 26.0 Å². The normalized spacial score (nSPS) is 25.5. The Hall–Kier alpha value is -1.86. The molecule has 0 aromatic carbocycles. The first-order valence-corrected chi connectivity index (χ1v) is 10.2. The van der Waals surface area contributed by atoms with E-state index in [2.05, 4.69) is 24.8 Å². The number of nitrogens with one attached hydrogen (secondary N) is 1. The molecule has 2 aromatic heterocycles. The average molecular weight is 418 g/mol. The van der Waals surface area contributed by atoms with Crippen LogP contribution in [0, 0.1) is 0 Å². The lowest BCUT2D eigenvalue weighted by Crippen LogP contribution is -2.33. The van der Waals surface area contributed by atoms with Gasteiger partial charge in [-0.25, -0.2) is 9.55 Å². The first kappa shape index (κ1) is 20.9. The number of rotatable bonds is 8. The molecule has 156 valence electrons. The number of nitrogens with two attached hydrogens (primary N) is 1. The van der Waals surface area contributed by atoms with Crippen molar-refractivity contribution < 1.29 is 33.8 Å². The molecule has 0 radical (unpaired) electrons. The van der Waals surface area contributed by atoms with Crippen LogP contribution in [0.5, 0.6) is 0 Å². The molecule has 3 heterocycles. The van der Waals surface area contributed by atoms with Gasteiger partial charge in [-0.1, -0.05) is 13.3 Å². The van der Waals surface area contributed by atoms with Crippen molar-refractivity contribution in [3.05, 3.63) is 6.33 Å². The summed E-state index contributed by atoms with van der Waals surface area (Å²) in [4.78, 5) is 30.2. The van der Waals surface area contributed by atoms with Gasteiger partial charge in [0.05, 0.1) is 12.9 Å². The van der Waals surface area contributed by atoms with Gasteiger partial charge in [-0.05, 0) is 6.42 Å². The molecule has 0 bridgehead atoms. The van der Waals surface area contributed by atoms with Crippen molar-refractivity contribution in [2.45, 2.75) is 44.3 Å². The van der Waals surface area contributed by atoms with Gasteiger partial charge in [0.1, 0.15) is 23.8 Å². The summed E-state index contributed by atoms with van der Waals surface area (Å²) >= 11 is 0. The van der Waals surface area contributed by atoms with Crippen LogP contribution in [0.2, 0.25) is 0 Å². The number of aromatic nitrogens is 4. The number of anilines is 2. The van der Waals surface area contributed by atoms with Gasteiger partial charge >= 0.3 is 7.82 Å². The van der Waals surface area contributed by atoms with Gasteiger partial charge in [0.25, 0.3) is 0 Å². The molecule has 28 heavy (non-hydrogen) atoms. The molecule has 0 saturated carbocycles. The van der Waals surface area contributed by atoms with Crippen LogP contribution < -0.4 is 11.1 Å². The van der Waals surface area contributed by atoms with E-state index in [0.717, 1.165) is 12.8 Å². The number of aliphatic hydroxyl groups excluding tert-OH is 2. The van der Waals surface area contributed by atoms with E-state index in [4.69, 9.17) is 20.3 Å². The van der Waals surface area contributed by atoms with Crippen molar-refractivity contribution in [2.75, 3.05) is 24.2 Å². The third-order valence-corrected chi connectivity index (χ3v) is 4.77. The van der Waals surface area contributed by atoms with Gasteiger partial charge in [0.15, 0.2) is 17.7 Å². The Morgan fingerprint density at radius 3 is 2.79 bits per heavy atom. The smallest absolute Gasteiger partial charge is 0.387 e. The lowest BCUT2D eigenvalue weighted by Gasteiger charge is -2.17. The summed E-state index contributed by atoms with van der Waals surface area (Å²) in [5.74, 6) is 0.423. The monoisotopic (exact) mass is 418 g/mol. The van der Waals surface area contributed by atoms with Gasteiger partial charge in [-0.2, -0.15) is 9.97 Å². The molecule has 4 atom stereocenters. The number of aliphatic hydroxyl groups is 2. The van der Waals surface area contributed by atoms with Crippen molar-refractivity contribution in [3.63, 3.8) is 0 Å². The highest BCUT2D eigenvalue weighted by Crippen LogP contribution is 2.39. The lowest BCUT2D eigenvalue weighted by molar-refractivity contribution is -0.0503. The van der Waals surface area contributed by atoms with Crippen molar-refractivity contribution in [1.29, 1.82) is 0 Å². The number of nitrogens with zero attached hydrogens (tertiary/aromatic N) is 4. The minimum Gasteiger partial charge on any atom is -0.387 e. The van der Waals surface area contributed by atoms with E-state index >= 15 is 0 Å². The fourth-order valence-corrected chi connectivity index (χ4v) is 3.19. The zero-order valence-electron chi connectivity index (χ0n) is 15.0. The third kappa shape index (κ3) is 4.41. The molecule has 1 fully saturated rings. The van der Waals surface area contributed by atoms with Crippen LogP contribution in [-0.4, -0.2) is 71.0 Å². The predicted octanol–water partition coefficient (Wildman–Crippen LogP) is -0.651. The average Bonchev–Trinajstić information content (AvgIpc) is 3.15. The Kier molecular flexibility index (Phi) is 6.15. The van der Waals surface area contributed by atoms with Crippen molar-refractivity contribution in [3.8, 4) is 0 Å². The Balaban J connectivity index is 1.85. The van der Waals surface area contributed by atoms with E-state index in [9.17, 15) is 14.8 Å². The van der Waals surface area contributed by atoms with Gasteiger partial charge in [0.2, 0.25) is 5.95 Å². The maximum absolute atomic E-state index is 10.9. The molecule has 0 amide bonds. The third-order valence-electron chi connectivity index (χ3n) is 4.28. The molecule has 0 spiro atoms. The number of fused-ring (bicyclic) bond motifs is 1. The fourth-order valence-electron chi connectivity index (χ4n) is 2.85. The molecule has 1 aliphatic heterocycles. The zero-order chi connectivity index (χ0) is 20.5. The molecule has 1 saturated heterocycles. The van der Waals surface area contributed by atoms with Crippen LogP contribution >= 0.6 is 7.82 Å². The summed E-state index contributed by atoms with van der Waals surface area (Å²) in [5.41, 5.74) is 6.50. The minimum atomic E-state index is -4.75. The number of nitrogen functional groups attached to an aromatic ring is 1. The van der Waals surface area contributed by atoms with E-state index in [1.165, 1.54) is 10.9 Å². The summed E-state index contributed by atoms with van der Waals surface area (Å²) < 4.78 is 22.2. The summed E-state index contributed by atoms with van der Waals surface area (Å²) in [5, 5.41) is 23.5. The predicted molar refractivity (Wildman–Crippen MR) is 97.1 cm³/mol. The van der Waals surface area contributed by atoms with Gasteiger partial charge in [-0.3, -0.25) is 9.09 Å². The SMILES string of the molecule is CCCCNc1nc(N)c2ncn(C3OC(COP(=O)(O)O)C(O)C3O)c2n1. The Morgan fingerprint density at radius 2 is 2.11 bits per heavy atom. The molecule has 4 unspecified atom stereocenters. The molecule has 14 heteroatoms. The second kappa shape index (κ2) is 8.25. The number of imidazole rings is 1. The van der Waals surface area contributed by atoms with Crippen molar-refractivity contribution >= 4 is 30.8 Å². The second-order valence-electron chi connectivity index (χ2n) is 6.37. The van der Waals surface area contributed by atoms with Gasteiger partial charge < -0.3 is 35.8 Å². The number of phosphoric ester groups is 1. The molecule has 0 aliphatic carbocycles. The highest BCUT2D eigenvalue weighted by molar-refractivity contribution is 7.46. The number of phosphoric acid groups is 1. The van der Waals surface area contributed by atoms with Crippen LogP contribution in [-0.2, 0) is 13.8 Å². The van der Waals surface area contributed by atoms with Crippen LogP contribution in [0.15, 0.2) is 6.33 Å². The van der Waals surface area contributed by atoms with Crippen molar-refractivity contribution in [1.82, 2.24) is 19.5 Å². The zero-order valence-corrected chi connectivity index (χ0v) is 15.9. The summed E-state index contributed by atoms with van der Waals surface area (Å²) in [6.07, 6.45) is -1.88. The first-order chi connectivity index (χ1) is 13.2. The number of hydrogen-bond donors (Lipinski definition) is 6. The quantitative estimate of drug-likeness (QED) is 0.234. The van der Waals surface area contributed by atoms with Crippen LogP contribution in [0.4, 0.5) is 11.8 Å². The molecule has 2 aromatic rings. The first-order valence-electron chi connectivity index (χ1n) is 8.67. The van der Waals surface area contributed by atoms with E-state index in [0.29, 0.717) is 12.1 Å². The fraction of sp³-hybridized carbons (Fsp3) is 0.643. The molecule has 1 aliphatic rings. The molecular weight excluding hydrogens is 395 g/mol. The standard InChI is InChI=1S/C14H23N6O7P/c1-2-3-4-16-14-18-11(15)8-12(19-14)20(6-17-8)13-10(22)9(21)7(27-13)5-26-28(23,24)25/h6-7,9-10,13,21-22H,2-5H2,1H3,(H2,23,24,25)(H3,15,16,18,19).